The fourth-order valence-corrected chi connectivity index (χ4v) is 2.94. The summed E-state index contributed by atoms with van der Waals surface area (Å²) >= 11 is 0. The number of amides is 1. The minimum Gasteiger partial charge on any atom is -0.496 e. The van der Waals surface area contributed by atoms with Crippen molar-refractivity contribution in [2.75, 3.05) is 7.11 Å². The molecule has 5 heteroatoms. The highest BCUT2D eigenvalue weighted by atomic mass is 16.5. The van der Waals surface area contributed by atoms with E-state index in [2.05, 4.69) is 10.3 Å². The van der Waals surface area contributed by atoms with Crippen LogP contribution < -0.4 is 10.1 Å². The van der Waals surface area contributed by atoms with Gasteiger partial charge in [0.1, 0.15) is 11.4 Å². The molecule has 5 nitrogen and oxygen atoms in total. The third kappa shape index (κ3) is 3.47. The van der Waals surface area contributed by atoms with E-state index < -0.39 is 5.54 Å². The quantitative estimate of drug-likeness (QED) is 0.744. The normalized spacial score (nSPS) is 11.2. The lowest BCUT2D eigenvalue weighted by Crippen LogP contribution is -2.41. The fourth-order valence-electron chi connectivity index (χ4n) is 2.94. The largest absolute Gasteiger partial charge is 0.496 e. The summed E-state index contributed by atoms with van der Waals surface area (Å²) < 4.78 is 10.8. The molecule has 0 aliphatic carbocycles. The predicted octanol–water partition coefficient (Wildman–Crippen LogP) is 4.32. The van der Waals surface area contributed by atoms with Crippen LogP contribution >= 0.6 is 0 Å². The van der Waals surface area contributed by atoms with Crippen LogP contribution in [0.25, 0.3) is 11.5 Å². The molecule has 2 aromatic heterocycles. The number of furan rings is 1. The van der Waals surface area contributed by atoms with E-state index in [-0.39, 0.29) is 5.91 Å². The van der Waals surface area contributed by atoms with Crippen LogP contribution in [0, 0.1) is 6.92 Å². The monoisotopic (exact) mass is 350 g/mol. The maximum absolute atomic E-state index is 12.8. The van der Waals surface area contributed by atoms with E-state index in [9.17, 15) is 4.79 Å². The van der Waals surface area contributed by atoms with E-state index in [1.165, 1.54) is 0 Å². The smallest absolute Gasteiger partial charge is 0.253 e. The molecule has 3 rings (SSSR count). The zero-order valence-corrected chi connectivity index (χ0v) is 15.4. The van der Waals surface area contributed by atoms with Gasteiger partial charge in [-0.25, -0.2) is 4.98 Å². The molecule has 2 heterocycles. The summed E-state index contributed by atoms with van der Waals surface area (Å²) in [5.41, 5.74) is 2.19. The summed E-state index contributed by atoms with van der Waals surface area (Å²) in [5.74, 6) is 1.23. The standard InChI is InChI=1S/C21H22N2O3/c1-14-15(11-12-17(22-14)19-10-7-13-26-19)20(24)23-21(2,3)16-8-5-6-9-18(16)25-4/h5-13H,1-4H3,(H,23,24). The number of hydrogen-bond acceptors (Lipinski definition) is 4. The lowest BCUT2D eigenvalue weighted by molar-refractivity contribution is 0.0910. The number of benzene rings is 1. The average molecular weight is 350 g/mol. The van der Waals surface area contributed by atoms with Crippen molar-refractivity contribution in [3.63, 3.8) is 0 Å². The second-order valence-corrected chi connectivity index (χ2v) is 6.59. The Morgan fingerprint density at radius 2 is 1.88 bits per heavy atom. The van der Waals surface area contributed by atoms with Crippen molar-refractivity contribution in [3.8, 4) is 17.2 Å². The van der Waals surface area contributed by atoms with Crippen molar-refractivity contribution >= 4 is 5.91 Å². The molecule has 0 bridgehead atoms. The van der Waals surface area contributed by atoms with Crippen LogP contribution in [-0.2, 0) is 5.54 Å². The van der Waals surface area contributed by atoms with Crippen LogP contribution in [0.1, 0.15) is 35.5 Å². The predicted molar refractivity (Wildman–Crippen MR) is 100 cm³/mol. The van der Waals surface area contributed by atoms with Crippen molar-refractivity contribution < 1.29 is 13.9 Å². The summed E-state index contributed by atoms with van der Waals surface area (Å²) in [7, 11) is 1.62. The average Bonchev–Trinajstić information content (AvgIpc) is 3.15. The molecule has 0 radical (unpaired) electrons. The maximum Gasteiger partial charge on any atom is 0.253 e. The fraction of sp³-hybridized carbons (Fsp3) is 0.238. The van der Waals surface area contributed by atoms with Gasteiger partial charge in [0.15, 0.2) is 5.76 Å². The highest BCUT2D eigenvalue weighted by Crippen LogP contribution is 2.30. The zero-order chi connectivity index (χ0) is 18.7. The Hall–Kier alpha value is -3.08. The molecule has 134 valence electrons. The van der Waals surface area contributed by atoms with Gasteiger partial charge >= 0.3 is 0 Å². The summed E-state index contributed by atoms with van der Waals surface area (Å²) in [5, 5.41) is 3.08. The van der Waals surface area contributed by atoms with E-state index in [0.29, 0.717) is 22.7 Å². The number of ether oxygens (including phenoxy) is 1. The molecule has 0 atom stereocenters. The molecule has 1 amide bonds. The number of pyridine rings is 1. The number of aromatic nitrogens is 1. The van der Waals surface area contributed by atoms with Gasteiger partial charge < -0.3 is 14.5 Å². The summed E-state index contributed by atoms with van der Waals surface area (Å²) in [4.78, 5) is 17.3. The van der Waals surface area contributed by atoms with Crippen molar-refractivity contribution in [3.05, 3.63) is 71.6 Å². The number of carbonyl (C=O) groups excluding carboxylic acids is 1. The van der Waals surface area contributed by atoms with Crippen LogP contribution in [0.3, 0.4) is 0 Å². The Labute approximate surface area is 153 Å². The number of carbonyl (C=O) groups is 1. The van der Waals surface area contributed by atoms with E-state index in [0.717, 1.165) is 11.3 Å². The molecule has 26 heavy (non-hydrogen) atoms. The van der Waals surface area contributed by atoms with Gasteiger partial charge in [0.25, 0.3) is 5.91 Å². The Balaban J connectivity index is 1.85. The Morgan fingerprint density at radius 3 is 2.54 bits per heavy atom. The van der Waals surface area contributed by atoms with Gasteiger partial charge in [-0.05, 0) is 51.1 Å². The van der Waals surface area contributed by atoms with Gasteiger partial charge in [-0.3, -0.25) is 4.79 Å². The SMILES string of the molecule is COc1ccccc1C(C)(C)NC(=O)c1ccc(-c2ccco2)nc1C. The molecule has 1 aromatic carbocycles. The van der Waals surface area contributed by atoms with E-state index >= 15 is 0 Å². The lowest BCUT2D eigenvalue weighted by Gasteiger charge is -2.28. The van der Waals surface area contributed by atoms with Gasteiger partial charge in [-0.2, -0.15) is 0 Å². The number of para-hydroxylation sites is 1. The second kappa shape index (κ2) is 7.04. The van der Waals surface area contributed by atoms with Gasteiger partial charge in [-0.1, -0.05) is 18.2 Å². The molecule has 0 saturated heterocycles. The first kappa shape index (κ1) is 17.7. The molecule has 0 spiro atoms. The van der Waals surface area contributed by atoms with Gasteiger partial charge in [-0.15, -0.1) is 0 Å². The number of nitrogens with one attached hydrogen (secondary N) is 1. The van der Waals surface area contributed by atoms with E-state index in [1.54, 1.807) is 25.5 Å². The first-order chi connectivity index (χ1) is 12.4. The van der Waals surface area contributed by atoms with Crippen LogP contribution in [0.4, 0.5) is 0 Å². The molecule has 0 saturated carbocycles. The van der Waals surface area contributed by atoms with E-state index in [1.807, 2.05) is 57.2 Å². The molecule has 0 aliphatic rings. The van der Waals surface area contributed by atoms with Crippen LogP contribution in [-0.4, -0.2) is 18.0 Å². The summed E-state index contributed by atoms with van der Waals surface area (Å²) in [6, 6.07) is 14.9. The topological polar surface area (TPSA) is 64.4 Å². The van der Waals surface area contributed by atoms with Crippen molar-refractivity contribution in [2.45, 2.75) is 26.3 Å². The molecule has 3 aromatic rings. The van der Waals surface area contributed by atoms with E-state index in [4.69, 9.17) is 9.15 Å². The molecular weight excluding hydrogens is 328 g/mol. The Kier molecular flexibility index (Phi) is 4.80. The van der Waals surface area contributed by atoms with Gasteiger partial charge in [0, 0.05) is 5.56 Å². The third-order valence-electron chi connectivity index (χ3n) is 4.31. The molecule has 0 aliphatic heterocycles. The Morgan fingerprint density at radius 1 is 1.12 bits per heavy atom. The third-order valence-corrected chi connectivity index (χ3v) is 4.31. The highest BCUT2D eigenvalue weighted by Gasteiger charge is 2.27. The summed E-state index contributed by atoms with van der Waals surface area (Å²) in [6.07, 6.45) is 1.60. The van der Waals surface area contributed by atoms with Crippen LogP contribution in [0.2, 0.25) is 0 Å². The van der Waals surface area contributed by atoms with Crippen molar-refractivity contribution in [1.82, 2.24) is 10.3 Å². The minimum absolute atomic E-state index is 0.183. The maximum atomic E-state index is 12.8. The first-order valence-corrected chi connectivity index (χ1v) is 8.40. The number of rotatable bonds is 5. The number of hydrogen-bond donors (Lipinski definition) is 1. The lowest BCUT2D eigenvalue weighted by atomic mass is 9.92. The second-order valence-electron chi connectivity index (χ2n) is 6.59. The molecule has 0 unspecified atom stereocenters. The van der Waals surface area contributed by atoms with Crippen LogP contribution in [0.15, 0.2) is 59.2 Å². The zero-order valence-electron chi connectivity index (χ0n) is 15.4. The number of methoxy groups -OCH3 is 1. The molecular formula is C21H22N2O3. The number of aryl methyl sites for hydroxylation is 1. The first-order valence-electron chi connectivity index (χ1n) is 8.40. The van der Waals surface area contributed by atoms with Gasteiger partial charge in [0.05, 0.1) is 30.2 Å². The number of nitrogens with zero attached hydrogens (tertiary/aromatic N) is 1. The van der Waals surface area contributed by atoms with Crippen molar-refractivity contribution in [1.29, 1.82) is 0 Å². The minimum atomic E-state index is -0.601. The highest BCUT2D eigenvalue weighted by molar-refractivity contribution is 5.96. The van der Waals surface area contributed by atoms with Gasteiger partial charge in [0.2, 0.25) is 0 Å². The Bertz CT molecular complexity index is 915. The molecule has 0 fully saturated rings. The van der Waals surface area contributed by atoms with Crippen molar-refractivity contribution in [2.24, 2.45) is 0 Å². The molecule has 1 N–H and O–H groups in total. The van der Waals surface area contributed by atoms with Crippen LogP contribution in [0.5, 0.6) is 5.75 Å². The summed E-state index contributed by atoms with van der Waals surface area (Å²) in [6.45, 7) is 5.71.